The number of thiazole rings is 1. The molecule has 0 aliphatic rings. The Kier molecular flexibility index (Phi) is 3.86. The Morgan fingerprint density at radius 3 is 2.82 bits per heavy atom. The highest BCUT2D eigenvalue weighted by Gasteiger charge is 2.08. The number of benzene rings is 1. The van der Waals surface area contributed by atoms with Crippen LogP contribution in [0.2, 0.25) is 0 Å². The number of nitrogens with zero attached hydrogens (tertiary/aromatic N) is 1. The van der Waals surface area contributed by atoms with Crippen LogP contribution < -0.4 is 0 Å². The molecule has 1 heterocycles. The van der Waals surface area contributed by atoms with Gasteiger partial charge >= 0.3 is 5.97 Å². The van der Waals surface area contributed by atoms with Crippen molar-refractivity contribution < 1.29 is 9.90 Å². The van der Waals surface area contributed by atoms with Gasteiger partial charge in [0.05, 0.1) is 5.56 Å². The zero-order valence-electron chi connectivity index (χ0n) is 8.81. The van der Waals surface area contributed by atoms with Crippen LogP contribution in [-0.2, 0) is 0 Å². The van der Waals surface area contributed by atoms with E-state index in [2.05, 4.69) is 20.9 Å². The molecule has 3 nitrogen and oxygen atoms in total. The van der Waals surface area contributed by atoms with Gasteiger partial charge in [0.2, 0.25) is 0 Å². The van der Waals surface area contributed by atoms with Gasteiger partial charge in [-0.15, -0.1) is 11.3 Å². The van der Waals surface area contributed by atoms with Crippen molar-refractivity contribution in [3.8, 4) is 0 Å². The van der Waals surface area contributed by atoms with E-state index in [9.17, 15) is 4.79 Å². The smallest absolute Gasteiger partial charge is 0.335 e. The third-order valence-electron chi connectivity index (χ3n) is 1.92. The second-order valence-corrected chi connectivity index (χ2v) is 6.43. The van der Waals surface area contributed by atoms with E-state index >= 15 is 0 Å². The van der Waals surface area contributed by atoms with Crippen molar-refractivity contribution in [1.29, 1.82) is 0 Å². The standard InChI is InChI=1S/C11H8BrNO2S2/c1-6-5-16-11(13-6)17-9-3-7(10(14)15)2-8(12)4-9/h2-5H,1H3,(H,14,15). The summed E-state index contributed by atoms with van der Waals surface area (Å²) >= 11 is 6.33. The van der Waals surface area contributed by atoms with Gasteiger partial charge in [-0.05, 0) is 25.1 Å². The maximum atomic E-state index is 10.9. The van der Waals surface area contributed by atoms with Gasteiger partial charge in [0.1, 0.15) is 0 Å². The predicted octanol–water partition coefficient (Wildman–Crippen LogP) is 4.06. The van der Waals surface area contributed by atoms with Gasteiger partial charge in [-0.1, -0.05) is 27.7 Å². The number of carboxylic acids is 1. The summed E-state index contributed by atoms with van der Waals surface area (Å²) in [6.45, 7) is 1.93. The summed E-state index contributed by atoms with van der Waals surface area (Å²) in [5, 5.41) is 10.9. The number of hydrogen-bond donors (Lipinski definition) is 1. The van der Waals surface area contributed by atoms with Gasteiger partial charge in [-0.2, -0.15) is 0 Å². The highest BCUT2D eigenvalue weighted by molar-refractivity contribution is 9.10. The van der Waals surface area contributed by atoms with E-state index in [-0.39, 0.29) is 5.56 Å². The number of hydrogen-bond acceptors (Lipinski definition) is 4. The molecule has 17 heavy (non-hydrogen) atoms. The minimum absolute atomic E-state index is 0.273. The van der Waals surface area contributed by atoms with Crippen molar-refractivity contribution in [2.45, 2.75) is 16.2 Å². The number of carbonyl (C=O) groups is 1. The molecule has 0 unspecified atom stereocenters. The van der Waals surface area contributed by atoms with Crippen molar-refractivity contribution in [3.63, 3.8) is 0 Å². The summed E-state index contributed by atoms with van der Waals surface area (Å²) in [5.74, 6) is -0.927. The number of rotatable bonds is 3. The maximum absolute atomic E-state index is 10.9. The number of halogens is 1. The average Bonchev–Trinajstić information content (AvgIpc) is 2.63. The van der Waals surface area contributed by atoms with Crippen LogP contribution in [0.25, 0.3) is 0 Å². The van der Waals surface area contributed by atoms with E-state index in [0.717, 1.165) is 19.4 Å². The lowest BCUT2D eigenvalue weighted by Gasteiger charge is -2.01. The Bertz CT molecular complexity index is 568. The van der Waals surface area contributed by atoms with Gasteiger partial charge in [0.15, 0.2) is 4.34 Å². The second-order valence-electron chi connectivity index (χ2n) is 3.34. The first kappa shape index (κ1) is 12.6. The molecule has 0 spiro atoms. The molecule has 0 radical (unpaired) electrons. The normalized spacial score (nSPS) is 10.5. The fraction of sp³-hybridized carbons (Fsp3) is 0.0909. The highest BCUT2D eigenvalue weighted by Crippen LogP contribution is 2.32. The predicted molar refractivity (Wildman–Crippen MR) is 72.1 cm³/mol. The topological polar surface area (TPSA) is 50.2 Å². The minimum atomic E-state index is -0.927. The van der Waals surface area contributed by atoms with E-state index in [1.807, 2.05) is 18.4 Å². The Balaban J connectivity index is 2.29. The van der Waals surface area contributed by atoms with E-state index in [1.54, 1.807) is 23.5 Å². The molecule has 1 aromatic carbocycles. The molecule has 0 saturated carbocycles. The van der Waals surface area contributed by atoms with Gasteiger partial charge < -0.3 is 5.11 Å². The molecule has 88 valence electrons. The first-order valence-electron chi connectivity index (χ1n) is 4.68. The Morgan fingerprint density at radius 2 is 2.24 bits per heavy atom. The lowest BCUT2D eigenvalue weighted by Crippen LogP contribution is -1.95. The van der Waals surface area contributed by atoms with E-state index in [1.165, 1.54) is 11.8 Å². The second kappa shape index (κ2) is 5.20. The first-order valence-corrected chi connectivity index (χ1v) is 7.17. The van der Waals surface area contributed by atoms with Crippen molar-refractivity contribution >= 4 is 45.0 Å². The van der Waals surface area contributed by atoms with E-state index in [0.29, 0.717) is 0 Å². The average molecular weight is 330 g/mol. The number of aromatic carboxylic acids is 1. The third kappa shape index (κ3) is 3.31. The molecule has 0 saturated heterocycles. The van der Waals surface area contributed by atoms with E-state index < -0.39 is 5.97 Å². The largest absolute Gasteiger partial charge is 0.478 e. The van der Waals surface area contributed by atoms with Crippen molar-refractivity contribution in [3.05, 3.63) is 39.3 Å². The van der Waals surface area contributed by atoms with Crippen LogP contribution in [0.1, 0.15) is 16.1 Å². The monoisotopic (exact) mass is 329 g/mol. The van der Waals surface area contributed by atoms with Crippen molar-refractivity contribution in [1.82, 2.24) is 4.98 Å². The molecule has 2 aromatic rings. The fourth-order valence-corrected chi connectivity index (χ4v) is 3.78. The molecule has 0 aliphatic carbocycles. The number of aryl methyl sites for hydroxylation is 1. The summed E-state index contributed by atoms with van der Waals surface area (Å²) in [6.07, 6.45) is 0. The summed E-state index contributed by atoms with van der Waals surface area (Å²) in [7, 11) is 0. The molecular formula is C11H8BrNO2S2. The lowest BCUT2D eigenvalue weighted by molar-refractivity contribution is 0.0696. The molecule has 1 aromatic heterocycles. The fourth-order valence-electron chi connectivity index (χ4n) is 1.23. The van der Waals surface area contributed by atoms with Gasteiger partial charge in [0, 0.05) is 20.4 Å². The Hall–Kier alpha value is -0.850. The van der Waals surface area contributed by atoms with Crippen LogP contribution in [0.15, 0.2) is 37.3 Å². The van der Waals surface area contributed by atoms with Crippen LogP contribution in [0.3, 0.4) is 0 Å². The third-order valence-corrected chi connectivity index (χ3v) is 4.41. The first-order chi connectivity index (χ1) is 8.04. The summed E-state index contributed by atoms with van der Waals surface area (Å²) in [5.41, 5.74) is 1.25. The summed E-state index contributed by atoms with van der Waals surface area (Å²) < 4.78 is 1.67. The van der Waals surface area contributed by atoms with Gasteiger partial charge in [0.25, 0.3) is 0 Å². The zero-order chi connectivity index (χ0) is 12.4. The molecular weight excluding hydrogens is 322 g/mol. The molecule has 6 heteroatoms. The molecule has 0 amide bonds. The highest BCUT2D eigenvalue weighted by atomic mass is 79.9. The van der Waals surface area contributed by atoms with Gasteiger partial charge in [-0.25, -0.2) is 9.78 Å². The van der Waals surface area contributed by atoms with Crippen LogP contribution in [0.5, 0.6) is 0 Å². The molecule has 1 N–H and O–H groups in total. The molecule has 2 rings (SSSR count). The van der Waals surface area contributed by atoms with E-state index in [4.69, 9.17) is 5.11 Å². The molecule has 0 bridgehead atoms. The molecule has 0 aliphatic heterocycles. The van der Waals surface area contributed by atoms with Crippen LogP contribution in [0, 0.1) is 6.92 Å². The maximum Gasteiger partial charge on any atom is 0.335 e. The Morgan fingerprint density at radius 1 is 1.47 bits per heavy atom. The SMILES string of the molecule is Cc1csc(Sc2cc(Br)cc(C(=O)O)c2)n1. The van der Waals surface area contributed by atoms with Crippen LogP contribution >= 0.6 is 39.0 Å². The molecule has 0 fully saturated rings. The molecule has 0 atom stereocenters. The Labute approximate surface area is 115 Å². The number of carboxylic acid groups (broad SMARTS) is 1. The quantitative estimate of drug-likeness (QED) is 0.922. The zero-order valence-corrected chi connectivity index (χ0v) is 12.0. The van der Waals surface area contributed by atoms with Crippen molar-refractivity contribution in [2.24, 2.45) is 0 Å². The van der Waals surface area contributed by atoms with Crippen LogP contribution in [-0.4, -0.2) is 16.1 Å². The minimum Gasteiger partial charge on any atom is -0.478 e. The van der Waals surface area contributed by atoms with Gasteiger partial charge in [-0.3, -0.25) is 0 Å². The lowest BCUT2D eigenvalue weighted by atomic mass is 10.2. The summed E-state index contributed by atoms with van der Waals surface area (Å²) in [6, 6.07) is 5.11. The van der Waals surface area contributed by atoms with Crippen LogP contribution in [0.4, 0.5) is 0 Å². The summed E-state index contributed by atoms with van der Waals surface area (Å²) in [4.78, 5) is 16.1. The van der Waals surface area contributed by atoms with Crippen molar-refractivity contribution in [2.75, 3.05) is 0 Å². The number of aromatic nitrogens is 1.